The molecule has 3 aromatic rings. The van der Waals surface area contributed by atoms with Crippen LogP contribution in [0, 0.1) is 11.6 Å². The van der Waals surface area contributed by atoms with Gasteiger partial charge in [-0.15, -0.1) is 0 Å². The molecule has 162 valence electrons. The molecule has 2 N–H and O–H groups in total. The van der Waals surface area contributed by atoms with E-state index < -0.39 is 29.0 Å². The summed E-state index contributed by atoms with van der Waals surface area (Å²) in [6, 6.07) is 14.0. The van der Waals surface area contributed by atoms with E-state index in [2.05, 4.69) is 10.6 Å². The van der Waals surface area contributed by atoms with E-state index >= 15 is 0 Å². The normalized spacial score (nSPS) is 11.6. The third-order valence-electron chi connectivity index (χ3n) is 4.49. The first-order valence-electron chi connectivity index (χ1n) is 9.35. The summed E-state index contributed by atoms with van der Waals surface area (Å²) in [5.41, 5.74) is -0.301. The lowest BCUT2D eigenvalue weighted by Gasteiger charge is -2.12. The van der Waals surface area contributed by atoms with Crippen LogP contribution in [0.1, 0.15) is 5.56 Å². The maximum Gasteiger partial charge on any atom is 0.261 e. The number of halogens is 3. The number of para-hydroxylation sites is 2. The van der Waals surface area contributed by atoms with Crippen LogP contribution >= 0.6 is 11.6 Å². The highest BCUT2D eigenvalue weighted by Crippen LogP contribution is 2.40. The summed E-state index contributed by atoms with van der Waals surface area (Å²) >= 11 is 6.18. The van der Waals surface area contributed by atoms with Crippen molar-refractivity contribution in [1.29, 1.82) is 0 Å². The van der Waals surface area contributed by atoms with Crippen LogP contribution in [-0.4, -0.2) is 18.6 Å². The van der Waals surface area contributed by atoms with Gasteiger partial charge >= 0.3 is 0 Å². The lowest BCUT2D eigenvalue weighted by atomic mass is 10.1. The van der Waals surface area contributed by atoms with Crippen molar-refractivity contribution in [2.45, 2.75) is 0 Å². The maximum absolute atomic E-state index is 14.0. The molecule has 0 saturated carbocycles. The third kappa shape index (κ3) is 4.55. The number of fused-ring (bicyclic) bond motifs is 1. The molecule has 0 atom stereocenters. The number of carbonyl (C=O) groups excluding carboxylic acids is 2. The van der Waals surface area contributed by atoms with E-state index in [1.54, 1.807) is 0 Å². The minimum atomic E-state index is -0.905. The van der Waals surface area contributed by atoms with Gasteiger partial charge in [0.1, 0.15) is 17.2 Å². The fraction of sp³-hybridized carbons (Fsp3) is 0.0435. The molecule has 9 heteroatoms. The molecule has 0 spiro atoms. The topological polar surface area (TPSA) is 76.7 Å². The molecule has 0 aliphatic carbocycles. The molecule has 0 aromatic heterocycles. The summed E-state index contributed by atoms with van der Waals surface area (Å²) in [5, 5.41) is 4.92. The minimum absolute atomic E-state index is 0.0172. The molecular formula is C23H15ClF2N2O4. The molecule has 1 heterocycles. The number of carbonyl (C=O) groups is 2. The van der Waals surface area contributed by atoms with Crippen LogP contribution in [0.25, 0.3) is 6.08 Å². The van der Waals surface area contributed by atoms with Crippen LogP contribution < -0.4 is 20.1 Å². The van der Waals surface area contributed by atoms with Crippen molar-refractivity contribution in [3.05, 3.63) is 88.5 Å². The Morgan fingerprint density at radius 2 is 1.44 bits per heavy atom. The number of hydrogen-bond acceptors (Lipinski definition) is 4. The van der Waals surface area contributed by atoms with Crippen LogP contribution in [0.2, 0.25) is 5.02 Å². The van der Waals surface area contributed by atoms with Crippen molar-refractivity contribution in [3.8, 4) is 11.5 Å². The van der Waals surface area contributed by atoms with E-state index in [-0.39, 0.29) is 23.2 Å². The van der Waals surface area contributed by atoms with Gasteiger partial charge in [-0.1, -0.05) is 35.9 Å². The van der Waals surface area contributed by atoms with Gasteiger partial charge in [0.2, 0.25) is 6.79 Å². The Labute approximate surface area is 186 Å². The molecule has 6 nitrogen and oxygen atoms in total. The van der Waals surface area contributed by atoms with Gasteiger partial charge in [-0.3, -0.25) is 9.59 Å². The zero-order valence-electron chi connectivity index (χ0n) is 16.3. The Bertz CT molecular complexity index is 1180. The minimum Gasteiger partial charge on any atom is -0.454 e. The number of ether oxygens (including phenoxy) is 2. The summed E-state index contributed by atoms with van der Waals surface area (Å²) < 4.78 is 38.6. The Morgan fingerprint density at radius 1 is 0.875 bits per heavy atom. The lowest BCUT2D eigenvalue weighted by molar-refractivity contribution is -0.118. The number of hydrogen-bond donors (Lipinski definition) is 2. The first kappa shape index (κ1) is 21.3. The Hall–Kier alpha value is -3.91. The van der Waals surface area contributed by atoms with E-state index in [1.165, 1.54) is 54.6 Å². The van der Waals surface area contributed by atoms with Gasteiger partial charge in [0.25, 0.3) is 11.8 Å². The van der Waals surface area contributed by atoms with E-state index in [0.29, 0.717) is 17.1 Å². The molecule has 4 rings (SSSR count). The van der Waals surface area contributed by atoms with Gasteiger partial charge in [-0.05, 0) is 48.0 Å². The zero-order valence-corrected chi connectivity index (χ0v) is 17.1. The summed E-state index contributed by atoms with van der Waals surface area (Å²) in [4.78, 5) is 25.8. The molecule has 0 unspecified atom stereocenters. The molecule has 2 amide bonds. The Balaban J connectivity index is 1.70. The van der Waals surface area contributed by atoms with E-state index in [4.69, 9.17) is 21.1 Å². The maximum atomic E-state index is 14.0. The smallest absolute Gasteiger partial charge is 0.261 e. The molecule has 1 aliphatic heterocycles. The third-order valence-corrected chi connectivity index (χ3v) is 4.77. The van der Waals surface area contributed by atoms with E-state index in [0.717, 1.165) is 12.1 Å². The van der Waals surface area contributed by atoms with Crippen molar-refractivity contribution in [1.82, 2.24) is 0 Å². The van der Waals surface area contributed by atoms with Gasteiger partial charge in [-0.2, -0.15) is 0 Å². The van der Waals surface area contributed by atoms with Crippen molar-refractivity contribution >= 4 is 40.9 Å². The molecule has 0 saturated heterocycles. The van der Waals surface area contributed by atoms with Gasteiger partial charge in [0.15, 0.2) is 11.5 Å². The van der Waals surface area contributed by atoms with Crippen LogP contribution in [0.3, 0.4) is 0 Å². The molecule has 3 aromatic carbocycles. The highest BCUT2D eigenvalue weighted by molar-refractivity contribution is 6.33. The highest BCUT2D eigenvalue weighted by atomic mass is 35.5. The van der Waals surface area contributed by atoms with Crippen LogP contribution in [0.5, 0.6) is 11.5 Å². The standard InChI is InChI=1S/C23H15ClF2N2O4/c24-15-10-13(11-20-21(15)32-12-31-20)9-14(22(29)27-18-7-3-1-5-16(18)25)23(30)28-19-8-4-2-6-17(19)26/h1-11H,12H2,(H,27,29)(H,28,30). The van der Waals surface area contributed by atoms with E-state index in [9.17, 15) is 18.4 Å². The zero-order chi connectivity index (χ0) is 22.7. The van der Waals surface area contributed by atoms with Crippen molar-refractivity contribution in [2.75, 3.05) is 17.4 Å². The monoisotopic (exact) mass is 456 g/mol. The predicted molar refractivity (Wildman–Crippen MR) is 116 cm³/mol. The van der Waals surface area contributed by atoms with Crippen molar-refractivity contribution in [3.63, 3.8) is 0 Å². The number of anilines is 2. The molecule has 0 fully saturated rings. The summed E-state index contributed by atoms with van der Waals surface area (Å²) in [6.07, 6.45) is 1.24. The number of amides is 2. The highest BCUT2D eigenvalue weighted by Gasteiger charge is 2.23. The van der Waals surface area contributed by atoms with Crippen molar-refractivity contribution in [2.24, 2.45) is 0 Å². The lowest BCUT2D eigenvalue weighted by Crippen LogP contribution is -2.26. The molecule has 32 heavy (non-hydrogen) atoms. The Kier molecular flexibility index (Phi) is 6.04. The predicted octanol–water partition coefficient (Wildman–Crippen LogP) is 5.01. The SMILES string of the molecule is O=C(Nc1ccccc1F)C(=Cc1cc(Cl)c2c(c1)OCO2)C(=O)Nc1ccccc1F. The largest absolute Gasteiger partial charge is 0.454 e. The fourth-order valence-corrected chi connectivity index (χ4v) is 3.25. The average Bonchev–Trinajstić information content (AvgIpc) is 3.24. The first-order chi connectivity index (χ1) is 15.4. The van der Waals surface area contributed by atoms with Crippen LogP contribution in [0.4, 0.5) is 20.2 Å². The molecular weight excluding hydrogens is 442 g/mol. The van der Waals surface area contributed by atoms with Crippen LogP contribution in [0.15, 0.2) is 66.2 Å². The molecule has 1 aliphatic rings. The van der Waals surface area contributed by atoms with Crippen molar-refractivity contribution < 1.29 is 27.8 Å². The van der Waals surface area contributed by atoms with Gasteiger partial charge in [0, 0.05) is 0 Å². The Morgan fingerprint density at radius 3 is 2.00 bits per heavy atom. The second-order valence-corrected chi connectivity index (χ2v) is 7.07. The number of nitrogens with one attached hydrogen (secondary N) is 2. The summed E-state index contributed by atoms with van der Waals surface area (Å²) in [5.74, 6) is -2.48. The van der Waals surface area contributed by atoms with Gasteiger partial charge in [0.05, 0.1) is 16.4 Å². The fourth-order valence-electron chi connectivity index (χ4n) is 2.98. The molecule has 0 radical (unpaired) electrons. The molecule has 0 bridgehead atoms. The van der Waals surface area contributed by atoms with E-state index in [1.807, 2.05) is 0 Å². The number of rotatable bonds is 5. The van der Waals surface area contributed by atoms with Crippen LogP contribution in [-0.2, 0) is 9.59 Å². The summed E-state index contributed by atoms with van der Waals surface area (Å²) in [6.45, 7) is -0.0172. The van der Waals surface area contributed by atoms with Gasteiger partial charge in [-0.25, -0.2) is 8.78 Å². The first-order valence-corrected chi connectivity index (χ1v) is 9.73. The second-order valence-electron chi connectivity index (χ2n) is 6.66. The second kappa shape index (κ2) is 9.07. The number of benzene rings is 3. The summed E-state index contributed by atoms with van der Waals surface area (Å²) in [7, 11) is 0. The quantitative estimate of drug-likeness (QED) is 0.321. The average molecular weight is 457 g/mol. The van der Waals surface area contributed by atoms with Gasteiger partial charge < -0.3 is 20.1 Å².